The lowest BCUT2D eigenvalue weighted by molar-refractivity contribution is 0.0923. The maximum atomic E-state index is 14.5. The zero-order valence-corrected chi connectivity index (χ0v) is 26.0. The summed E-state index contributed by atoms with van der Waals surface area (Å²) >= 11 is 42.9. The highest BCUT2D eigenvalue weighted by molar-refractivity contribution is 8.05. The lowest BCUT2D eigenvalue weighted by Gasteiger charge is -2.19. The molecule has 4 rings (SSSR count). The van der Waals surface area contributed by atoms with Gasteiger partial charge in [-0.1, -0.05) is 93.5 Å². The summed E-state index contributed by atoms with van der Waals surface area (Å²) in [6.07, 6.45) is 0. The quantitative estimate of drug-likeness (QED) is 0.154. The molecule has 5 nitrogen and oxygen atoms in total. The van der Waals surface area contributed by atoms with Crippen LogP contribution in [0.15, 0.2) is 71.6 Å². The highest BCUT2D eigenvalue weighted by Gasteiger charge is 2.33. The zero-order chi connectivity index (χ0) is 30.1. The molecule has 4 aromatic rings. The number of halogens is 9. The fourth-order valence-corrected chi connectivity index (χ4v) is 6.04. The molecule has 214 valence electrons. The maximum absolute atomic E-state index is 14.5. The predicted octanol–water partition coefficient (Wildman–Crippen LogP) is 11.3. The average molecular weight is 720 g/mol. The van der Waals surface area contributed by atoms with Crippen LogP contribution in [0.2, 0.25) is 15.1 Å². The summed E-state index contributed by atoms with van der Waals surface area (Å²) in [5.41, 5.74) is -0.858. The molecule has 15 heteroatoms. The highest BCUT2D eigenvalue weighted by Crippen LogP contribution is 2.50. The topological polar surface area (TPSA) is 67.4 Å². The summed E-state index contributed by atoms with van der Waals surface area (Å²) in [6.45, 7) is 0. The first-order valence-electron chi connectivity index (χ1n) is 11.1. The molecule has 0 saturated carbocycles. The Morgan fingerprint density at radius 3 is 2.05 bits per heavy atom. The molecule has 0 saturated heterocycles. The number of rotatable bonds is 6. The number of carbonyl (C=O) groups is 2. The van der Waals surface area contributed by atoms with Crippen molar-refractivity contribution in [3.8, 4) is 11.5 Å². The van der Waals surface area contributed by atoms with E-state index in [0.717, 1.165) is 23.9 Å². The van der Waals surface area contributed by atoms with Gasteiger partial charge < -0.3 is 10.1 Å². The minimum absolute atomic E-state index is 0.0466. The third-order valence-electron chi connectivity index (χ3n) is 5.32. The van der Waals surface area contributed by atoms with Gasteiger partial charge in [-0.25, -0.2) is 4.79 Å². The van der Waals surface area contributed by atoms with E-state index in [-0.39, 0.29) is 43.2 Å². The second-order valence-electron chi connectivity index (χ2n) is 8.09. The molecule has 0 unspecified atom stereocenters. The van der Waals surface area contributed by atoms with Crippen LogP contribution in [0.25, 0.3) is 10.8 Å². The Hall–Kier alpha value is -1.88. The van der Waals surface area contributed by atoms with E-state index in [1.165, 1.54) is 42.5 Å². The maximum Gasteiger partial charge on any atom is 0.351 e. The minimum atomic E-state index is -3.93. The molecule has 0 aliphatic rings. The number of benzene rings is 4. The number of urea groups is 1. The van der Waals surface area contributed by atoms with Crippen molar-refractivity contribution >= 4 is 121 Å². The Balaban J connectivity index is 1.66. The third-order valence-corrected chi connectivity index (χ3v) is 7.97. The van der Waals surface area contributed by atoms with Gasteiger partial charge in [-0.05, 0) is 66.2 Å². The van der Waals surface area contributed by atoms with Gasteiger partial charge in [0.1, 0.15) is 11.5 Å². The van der Waals surface area contributed by atoms with Crippen LogP contribution in [0, 0.1) is 0 Å². The second kappa shape index (κ2) is 12.8. The molecule has 0 heterocycles. The molecule has 0 radical (unpaired) electrons. The van der Waals surface area contributed by atoms with Crippen LogP contribution in [-0.4, -0.2) is 15.1 Å². The van der Waals surface area contributed by atoms with Crippen LogP contribution in [0.4, 0.5) is 19.3 Å². The highest BCUT2D eigenvalue weighted by atomic mass is 35.6. The summed E-state index contributed by atoms with van der Waals surface area (Å²) in [5.74, 6) is -1.11. The molecular weight excluding hydrogens is 707 g/mol. The van der Waals surface area contributed by atoms with Crippen molar-refractivity contribution in [3.05, 3.63) is 92.9 Å². The molecule has 41 heavy (non-hydrogen) atoms. The smallest absolute Gasteiger partial charge is 0.351 e. The minimum Gasteiger partial charge on any atom is -0.456 e. The normalized spacial score (nSPS) is 11.8. The van der Waals surface area contributed by atoms with E-state index in [2.05, 4.69) is 10.6 Å². The number of ether oxygens (including phenoxy) is 1. The molecule has 0 bridgehead atoms. The van der Waals surface area contributed by atoms with Gasteiger partial charge in [-0.3, -0.25) is 10.1 Å². The summed E-state index contributed by atoms with van der Waals surface area (Å²) in [5, 5.41) is 1.62. The molecule has 0 aliphatic heterocycles. The van der Waals surface area contributed by atoms with Crippen LogP contribution in [0.3, 0.4) is 0 Å². The van der Waals surface area contributed by atoms with Crippen molar-refractivity contribution in [1.82, 2.24) is 5.32 Å². The Labute approximate surface area is 271 Å². The van der Waals surface area contributed by atoms with Gasteiger partial charge in [-0.15, -0.1) is 0 Å². The van der Waals surface area contributed by atoms with Gasteiger partial charge >= 0.3 is 11.4 Å². The molecule has 0 atom stereocenters. The predicted molar refractivity (Wildman–Crippen MR) is 164 cm³/mol. The van der Waals surface area contributed by atoms with Gasteiger partial charge in [0, 0.05) is 26.4 Å². The Bertz CT molecular complexity index is 1660. The van der Waals surface area contributed by atoms with Crippen LogP contribution in [0.5, 0.6) is 11.5 Å². The summed E-state index contributed by atoms with van der Waals surface area (Å²) in [7, 11) is 0. The standard InChI is InChI=1S/C26H13Cl7F2N2O3S/c27-15-4-2-1-3-13(15)23(38)37-24(39)36-12-5-8-18(14(11-12)25(30,34)35)40-19-9-10-20(41-26(31,32)33)22-17(29)7-6-16(28)21(19)22/h1-11H,(H2,36,37,38,39). The first-order chi connectivity index (χ1) is 19.1. The SMILES string of the molecule is O=C(NC(=O)c1ccccc1Cl)Nc1ccc(Oc2ccc(SC(Cl)(Cl)Cl)c3c(Cl)ccc(Cl)c23)c(C(F)(F)Cl)c1. The number of imide groups is 1. The number of hydrogen-bond acceptors (Lipinski definition) is 4. The molecule has 3 amide bonds. The number of hydrogen-bond donors (Lipinski definition) is 2. The fraction of sp³-hybridized carbons (Fsp3) is 0.0769. The van der Waals surface area contributed by atoms with Crippen LogP contribution < -0.4 is 15.4 Å². The van der Waals surface area contributed by atoms with E-state index >= 15 is 0 Å². The largest absolute Gasteiger partial charge is 0.456 e. The van der Waals surface area contributed by atoms with Gasteiger partial charge in [0.05, 0.1) is 21.2 Å². The van der Waals surface area contributed by atoms with E-state index in [9.17, 15) is 18.4 Å². The second-order valence-corrected chi connectivity index (χ2v) is 14.0. The monoisotopic (exact) mass is 716 g/mol. The third kappa shape index (κ3) is 7.94. The average Bonchev–Trinajstić information content (AvgIpc) is 2.86. The van der Waals surface area contributed by atoms with Gasteiger partial charge in [0.15, 0.2) is 0 Å². The van der Waals surface area contributed by atoms with Crippen molar-refractivity contribution < 1.29 is 23.1 Å². The lowest BCUT2D eigenvalue weighted by Crippen LogP contribution is -2.34. The van der Waals surface area contributed by atoms with E-state index < -0.39 is 26.0 Å². The van der Waals surface area contributed by atoms with Crippen molar-refractivity contribution in [3.63, 3.8) is 0 Å². The Morgan fingerprint density at radius 1 is 0.780 bits per heavy atom. The Kier molecular flexibility index (Phi) is 9.98. The first-order valence-corrected chi connectivity index (χ1v) is 14.5. The van der Waals surface area contributed by atoms with Crippen LogP contribution in [-0.2, 0) is 5.38 Å². The number of amides is 3. The number of nitrogens with one attached hydrogen (secondary N) is 2. The molecule has 0 spiro atoms. The molecule has 4 aromatic carbocycles. The van der Waals surface area contributed by atoms with Gasteiger partial charge in [0.25, 0.3) is 5.91 Å². The zero-order valence-electron chi connectivity index (χ0n) is 19.9. The van der Waals surface area contributed by atoms with Crippen molar-refractivity contribution in [2.24, 2.45) is 0 Å². The van der Waals surface area contributed by atoms with Crippen molar-refractivity contribution in [1.29, 1.82) is 0 Å². The number of thioether (sulfide) groups is 1. The van der Waals surface area contributed by atoms with E-state index in [4.69, 9.17) is 85.9 Å². The van der Waals surface area contributed by atoms with Crippen molar-refractivity contribution in [2.75, 3.05) is 5.32 Å². The van der Waals surface area contributed by atoms with E-state index in [1.807, 2.05) is 0 Å². The number of anilines is 1. The number of carbonyl (C=O) groups excluding carboxylic acids is 2. The molecule has 0 aliphatic carbocycles. The van der Waals surface area contributed by atoms with Crippen LogP contribution in [0.1, 0.15) is 15.9 Å². The van der Waals surface area contributed by atoms with Crippen LogP contribution >= 0.6 is 93.0 Å². The van der Waals surface area contributed by atoms with E-state index in [0.29, 0.717) is 10.3 Å². The van der Waals surface area contributed by atoms with Gasteiger partial charge in [-0.2, -0.15) is 8.78 Å². The fourth-order valence-electron chi connectivity index (χ4n) is 3.66. The Morgan fingerprint density at radius 2 is 1.41 bits per heavy atom. The summed E-state index contributed by atoms with van der Waals surface area (Å²) in [4.78, 5) is 25.2. The van der Waals surface area contributed by atoms with Crippen molar-refractivity contribution in [2.45, 2.75) is 13.4 Å². The summed E-state index contributed by atoms with van der Waals surface area (Å²) < 4.78 is 33.1. The summed E-state index contributed by atoms with van der Waals surface area (Å²) in [6, 6.07) is 14.4. The molecule has 0 aromatic heterocycles. The van der Waals surface area contributed by atoms with Gasteiger partial charge in [0.2, 0.25) is 3.12 Å². The molecule has 2 N–H and O–H groups in total. The molecule has 0 fully saturated rings. The number of fused-ring (bicyclic) bond motifs is 1. The lowest BCUT2D eigenvalue weighted by atomic mass is 10.1. The number of alkyl halides is 6. The first kappa shape index (κ1) is 32.0. The van der Waals surface area contributed by atoms with E-state index in [1.54, 1.807) is 12.1 Å². The molecular formula is C26H13Cl7F2N2O3S.